The zero-order valence-electron chi connectivity index (χ0n) is 13.9. The first-order chi connectivity index (χ1) is 13.3. The van der Waals surface area contributed by atoms with Gasteiger partial charge in [-0.25, -0.2) is 18.0 Å². The Bertz CT molecular complexity index is 1420. The lowest BCUT2D eigenvalue weighted by molar-refractivity contribution is 0.0693. The second-order valence-corrected chi connectivity index (χ2v) is 8.50. The molecule has 1 aromatic heterocycles. The normalized spacial score (nSPS) is 11.7. The molecule has 3 N–H and O–H groups in total. The highest BCUT2D eigenvalue weighted by molar-refractivity contribution is 7.92. The monoisotopic (exact) mass is 417 g/mol. The average Bonchev–Trinajstić information content (AvgIpc) is 3.02. The minimum Gasteiger partial charge on any atom is -0.507 e. The van der Waals surface area contributed by atoms with Crippen LogP contribution in [-0.4, -0.2) is 24.6 Å². The summed E-state index contributed by atoms with van der Waals surface area (Å²) in [7, 11) is -4.17. The lowest BCUT2D eigenvalue weighted by Gasteiger charge is -2.12. The molecule has 0 fully saturated rings. The number of nitrogens with one attached hydrogen (secondary N) is 1. The van der Waals surface area contributed by atoms with Crippen LogP contribution >= 0.6 is 11.3 Å². The molecule has 0 amide bonds. The van der Waals surface area contributed by atoms with Crippen LogP contribution in [0.4, 0.5) is 5.69 Å². The summed E-state index contributed by atoms with van der Waals surface area (Å²) in [5.74, 6) is -1.99. The van der Waals surface area contributed by atoms with Crippen LogP contribution < -0.4 is 9.66 Å². The summed E-state index contributed by atoms with van der Waals surface area (Å²) < 4.78 is 33.7. The van der Waals surface area contributed by atoms with Crippen LogP contribution in [0.25, 0.3) is 21.1 Å². The van der Waals surface area contributed by atoms with Crippen molar-refractivity contribution in [1.29, 1.82) is 0 Å². The van der Waals surface area contributed by atoms with Crippen LogP contribution in [0.3, 0.4) is 0 Å². The fourth-order valence-corrected chi connectivity index (χ4v) is 4.66. The molecule has 10 heteroatoms. The van der Waals surface area contributed by atoms with Gasteiger partial charge in [-0.1, -0.05) is 35.6 Å². The number of carbonyl (C=O) groups is 1. The van der Waals surface area contributed by atoms with Gasteiger partial charge in [-0.3, -0.25) is 4.72 Å². The fraction of sp³-hybridized carbons (Fsp3) is 0. The molecule has 0 aliphatic rings. The van der Waals surface area contributed by atoms with Gasteiger partial charge in [0.25, 0.3) is 10.0 Å². The van der Waals surface area contributed by atoms with Crippen molar-refractivity contribution in [2.24, 2.45) is 0 Å². The van der Waals surface area contributed by atoms with Gasteiger partial charge in [0.05, 0.1) is 15.3 Å². The number of sulfonamides is 1. The second-order valence-electron chi connectivity index (χ2n) is 5.84. The number of rotatable bonds is 4. The van der Waals surface area contributed by atoms with Crippen LogP contribution in [0.1, 0.15) is 10.4 Å². The van der Waals surface area contributed by atoms with Gasteiger partial charge in [-0.15, -0.1) is 0 Å². The van der Waals surface area contributed by atoms with Crippen LogP contribution in [0.2, 0.25) is 0 Å². The van der Waals surface area contributed by atoms with Gasteiger partial charge in [-0.05, 0) is 24.3 Å². The van der Waals surface area contributed by atoms with Gasteiger partial charge in [0.1, 0.15) is 11.3 Å². The second kappa shape index (κ2) is 6.36. The van der Waals surface area contributed by atoms with E-state index >= 15 is 0 Å². The molecular weight excluding hydrogens is 406 g/mol. The number of benzene rings is 3. The first-order valence-corrected chi connectivity index (χ1v) is 10.1. The van der Waals surface area contributed by atoms with E-state index in [0.29, 0.717) is 21.1 Å². The molecule has 0 bridgehead atoms. The standard InChI is InChI=1S/C18H11NO7S2/c20-14-6-5-9(7-12(14)17(21)22)28(24,25)19-13-8-15-16(26-18(23)27-15)11-4-2-1-3-10(11)13/h1-8,19-20H,(H,21,22). The van der Waals surface area contributed by atoms with Crippen LogP contribution in [0, 0.1) is 0 Å². The van der Waals surface area contributed by atoms with Gasteiger partial charge in [0.15, 0.2) is 5.58 Å². The van der Waals surface area contributed by atoms with Crippen LogP contribution in [0.15, 0.2) is 62.6 Å². The summed E-state index contributed by atoms with van der Waals surface area (Å²) in [5.41, 5.74) is 0.0488. The first-order valence-electron chi connectivity index (χ1n) is 7.81. The number of aromatic hydroxyl groups is 1. The highest BCUT2D eigenvalue weighted by atomic mass is 32.2. The Morgan fingerprint density at radius 3 is 2.50 bits per heavy atom. The number of aromatic carboxylic acids is 1. The van der Waals surface area contributed by atoms with Crippen molar-refractivity contribution in [3.05, 3.63) is 63.8 Å². The van der Waals surface area contributed by atoms with Crippen molar-refractivity contribution in [2.45, 2.75) is 4.90 Å². The number of carboxylic acids is 1. The Hall–Kier alpha value is -3.37. The van der Waals surface area contributed by atoms with E-state index in [9.17, 15) is 23.1 Å². The number of fused-ring (bicyclic) bond motifs is 3. The number of phenols is 1. The average molecular weight is 417 g/mol. The SMILES string of the molecule is O=C(O)c1cc(S(=O)(=O)Nc2cc3sc(=O)oc3c3ccccc23)ccc1O. The maximum Gasteiger partial charge on any atom is 0.396 e. The predicted molar refractivity (Wildman–Crippen MR) is 104 cm³/mol. The van der Waals surface area contributed by atoms with Crippen molar-refractivity contribution in [3.8, 4) is 5.75 Å². The van der Waals surface area contributed by atoms with Crippen molar-refractivity contribution < 1.29 is 27.8 Å². The highest BCUT2D eigenvalue weighted by Crippen LogP contribution is 2.34. The molecule has 4 rings (SSSR count). The number of carboxylic acid groups (broad SMARTS) is 1. The van der Waals surface area contributed by atoms with E-state index in [2.05, 4.69) is 4.72 Å². The molecule has 0 aliphatic heterocycles. The predicted octanol–water partition coefficient (Wildman–Crippen LogP) is 3.21. The third-order valence-corrected chi connectivity index (χ3v) is 6.23. The van der Waals surface area contributed by atoms with Crippen molar-refractivity contribution in [1.82, 2.24) is 0 Å². The maximum atomic E-state index is 12.8. The Morgan fingerprint density at radius 1 is 1.07 bits per heavy atom. The van der Waals surface area contributed by atoms with Gasteiger partial charge >= 0.3 is 10.9 Å². The Labute approximate surface area is 161 Å². The van der Waals surface area contributed by atoms with Gasteiger partial charge in [0.2, 0.25) is 0 Å². The van der Waals surface area contributed by atoms with E-state index in [1.807, 2.05) is 0 Å². The Kier molecular flexibility index (Phi) is 4.09. The zero-order chi connectivity index (χ0) is 20.1. The lowest BCUT2D eigenvalue weighted by atomic mass is 10.1. The molecule has 3 aromatic carbocycles. The largest absolute Gasteiger partial charge is 0.507 e. The maximum absolute atomic E-state index is 12.8. The number of anilines is 1. The molecule has 0 saturated carbocycles. The van der Waals surface area contributed by atoms with Gasteiger partial charge in [-0.2, -0.15) is 0 Å². The van der Waals surface area contributed by atoms with E-state index in [1.54, 1.807) is 24.3 Å². The highest BCUT2D eigenvalue weighted by Gasteiger charge is 2.21. The van der Waals surface area contributed by atoms with Crippen LogP contribution in [-0.2, 0) is 10.0 Å². The molecule has 0 saturated heterocycles. The smallest absolute Gasteiger partial charge is 0.396 e. The molecule has 0 spiro atoms. The topological polar surface area (TPSA) is 134 Å². The first kappa shape index (κ1) is 18.0. The molecule has 28 heavy (non-hydrogen) atoms. The Morgan fingerprint density at radius 2 is 1.79 bits per heavy atom. The lowest BCUT2D eigenvalue weighted by Crippen LogP contribution is -2.14. The Balaban J connectivity index is 1.88. The van der Waals surface area contributed by atoms with Crippen LogP contribution in [0.5, 0.6) is 5.75 Å². The molecule has 0 unspecified atom stereocenters. The van der Waals surface area contributed by atoms with Gasteiger partial charge < -0.3 is 14.6 Å². The van der Waals surface area contributed by atoms with E-state index in [0.717, 1.165) is 29.5 Å². The van der Waals surface area contributed by atoms with E-state index < -0.39 is 32.2 Å². The molecule has 1 heterocycles. The molecular formula is C18H11NO7S2. The van der Waals surface area contributed by atoms with Crippen molar-refractivity contribution in [3.63, 3.8) is 0 Å². The third kappa shape index (κ3) is 2.98. The molecule has 0 atom stereocenters. The summed E-state index contributed by atoms with van der Waals surface area (Å²) in [4.78, 5) is 22.0. The van der Waals surface area contributed by atoms with Crippen molar-refractivity contribution >= 4 is 54.1 Å². The summed E-state index contributed by atoms with van der Waals surface area (Å²) in [6.45, 7) is 0. The minimum atomic E-state index is -4.17. The molecule has 0 radical (unpaired) electrons. The summed E-state index contributed by atoms with van der Waals surface area (Å²) in [5, 5.41) is 19.8. The minimum absolute atomic E-state index is 0.213. The molecule has 8 nitrogen and oxygen atoms in total. The number of hydrogen-bond acceptors (Lipinski definition) is 7. The van der Waals surface area contributed by atoms with E-state index in [-0.39, 0.29) is 10.6 Å². The van der Waals surface area contributed by atoms with Crippen molar-refractivity contribution in [2.75, 3.05) is 4.72 Å². The van der Waals surface area contributed by atoms with E-state index in [1.165, 1.54) is 6.07 Å². The van der Waals surface area contributed by atoms with Gasteiger partial charge in [0, 0.05) is 10.8 Å². The number of hydrogen-bond donors (Lipinski definition) is 3. The third-order valence-electron chi connectivity index (χ3n) is 4.09. The fourth-order valence-electron chi connectivity index (χ4n) is 2.84. The zero-order valence-corrected chi connectivity index (χ0v) is 15.5. The molecule has 4 aromatic rings. The quantitative estimate of drug-likeness (QED) is 0.464. The van der Waals surface area contributed by atoms with E-state index in [4.69, 9.17) is 9.52 Å². The molecule has 0 aliphatic carbocycles. The summed E-state index contributed by atoms with van der Waals surface area (Å²) >= 11 is 0.843. The summed E-state index contributed by atoms with van der Waals surface area (Å²) in [6.07, 6.45) is 0. The molecule has 142 valence electrons. The summed E-state index contributed by atoms with van der Waals surface area (Å²) in [6, 6.07) is 11.3.